The van der Waals surface area contributed by atoms with Gasteiger partial charge in [-0.3, -0.25) is 0 Å². The number of para-hydroxylation sites is 3. The van der Waals surface area contributed by atoms with Gasteiger partial charge in [0.15, 0.2) is 0 Å². The van der Waals surface area contributed by atoms with E-state index in [0.717, 1.165) is 85.1 Å². The van der Waals surface area contributed by atoms with Crippen LogP contribution < -0.4 is 40.9 Å². The number of aryl methyl sites for hydroxylation is 2. The first-order valence-corrected chi connectivity index (χ1v) is 35.9. The molecule has 19 rings (SSSR count). The third kappa shape index (κ3) is 10.8. The normalized spacial score (nSPS) is 12.1. The van der Waals surface area contributed by atoms with Crippen molar-refractivity contribution in [3.8, 4) is 33.4 Å². The van der Waals surface area contributed by atoms with Crippen molar-refractivity contribution in [3.63, 3.8) is 0 Å². The van der Waals surface area contributed by atoms with Gasteiger partial charge in [0.05, 0.1) is 11.4 Å². The van der Waals surface area contributed by atoms with E-state index in [1.54, 1.807) is 0 Å². The highest BCUT2D eigenvalue weighted by molar-refractivity contribution is 7.00. The van der Waals surface area contributed by atoms with Crippen molar-refractivity contribution in [1.82, 2.24) is 0 Å². The van der Waals surface area contributed by atoms with Crippen molar-refractivity contribution in [2.24, 2.45) is 0 Å². The summed E-state index contributed by atoms with van der Waals surface area (Å²) < 4.78 is 0. The largest absolute Gasteiger partial charge is 0.311 e. The SMILES string of the molecule is Cc1ccc(N(c2ccccc2)c2cc3c4cccc(N(c5ccc(C)cc5)c5ccc(-c6ccc(N(c7ccccc7)c7ccc8c(c7)N(c7ccccc7)c7cccc9c7B8c7ccc(-c8ccccc8)cc7N9c7cccc(-c8ccccc8)c7)cc6)cc5)c4ccc3c3ccccc23)cc1. The Balaban J connectivity index is 0.699. The summed E-state index contributed by atoms with van der Waals surface area (Å²) in [5.74, 6) is 0. The van der Waals surface area contributed by atoms with Crippen LogP contribution in [0.3, 0.4) is 0 Å². The molecule has 0 saturated heterocycles. The highest BCUT2D eigenvalue weighted by Gasteiger charge is 2.44. The van der Waals surface area contributed by atoms with Crippen LogP contribution in [0.25, 0.3) is 65.7 Å². The van der Waals surface area contributed by atoms with Crippen molar-refractivity contribution >= 4 is 141 Å². The fourth-order valence-corrected chi connectivity index (χ4v) is 16.2. The topological polar surface area (TPSA) is 16.2 Å². The monoisotopic (exact) mass is 1330 g/mol. The third-order valence-corrected chi connectivity index (χ3v) is 21.1. The fourth-order valence-electron chi connectivity index (χ4n) is 16.2. The Bertz CT molecular complexity index is 6050. The fraction of sp³-hybridized carbons (Fsp3) is 0.0204. The average Bonchev–Trinajstić information content (AvgIpc) is 0.698. The number of benzene rings is 17. The van der Waals surface area contributed by atoms with E-state index in [1.807, 2.05) is 0 Å². The zero-order valence-corrected chi connectivity index (χ0v) is 57.8. The van der Waals surface area contributed by atoms with Gasteiger partial charge in [0.2, 0.25) is 0 Å². The van der Waals surface area contributed by atoms with Gasteiger partial charge in [-0.25, -0.2) is 0 Å². The molecule has 0 atom stereocenters. The summed E-state index contributed by atoms with van der Waals surface area (Å²) in [6.45, 7) is 4.24. The maximum atomic E-state index is 2.51. The van der Waals surface area contributed by atoms with Crippen LogP contribution in [0, 0.1) is 13.8 Å². The Labute approximate surface area is 608 Å². The summed E-state index contributed by atoms with van der Waals surface area (Å²) in [5.41, 5.74) is 29.9. The minimum Gasteiger partial charge on any atom is -0.311 e. The standard InChI is InChI=1S/C98H70BN5/c1-67-41-50-79(51-42-67)101(92-38-21-37-85-88(92)60-59-86-84-35-18-19-36-87(84)95(66-89(85)86)102(76-30-14-6-15-31-76)80-52-43-68(2)44-53-80)81-56-47-72(48-57-81)71-45-54-78(55-46-71)100(75-28-12-5-13-29-75)83-58-62-91-97(65-83)103(77-32-16-7-17-33-77)93-39-22-40-94-98(93)99(91)90-61-49-74(70-25-10-4-11-26-70)64-96(90)104(94)82-34-20-27-73(63-82)69-23-8-3-9-24-69/h3-66H,1-2H3. The molecular weight excluding hydrogens is 1260 g/mol. The highest BCUT2D eigenvalue weighted by atomic mass is 15.2. The van der Waals surface area contributed by atoms with Crippen LogP contribution in [0.5, 0.6) is 0 Å². The van der Waals surface area contributed by atoms with Crippen LogP contribution in [0.15, 0.2) is 388 Å². The summed E-state index contributed by atoms with van der Waals surface area (Å²) >= 11 is 0. The number of hydrogen-bond acceptors (Lipinski definition) is 5. The van der Waals surface area contributed by atoms with Crippen molar-refractivity contribution in [1.29, 1.82) is 0 Å². The first-order chi connectivity index (χ1) is 51.4. The molecule has 5 nitrogen and oxygen atoms in total. The van der Waals surface area contributed by atoms with Gasteiger partial charge in [-0.15, -0.1) is 0 Å². The van der Waals surface area contributed by atoms with Crippen LogP contribution in [-0.2, 0) is 0 Å². The minimum absolute atomic E-state index is 0.0670. The second-order valence-corrected chi connectivity index (χ2v) is 27.4. The molecule has 0 amide bonds. The number of anilines is 15. The quantitative estimate of drug-likeness (QED) is 0.0794. The Morgan fingerprint density at radius 2 is 0.577 bits per heavy atom. The predicted molar refractivity (Wildman–Crippen MR) is 443 cm³/mol. The lowest BCUT2D eigenvalue weighted by Gasteiger charge is -2.44. The van der Waals surface area contributed by atoms with Crippen LogP contribution in [0.2, 0.25) is 0 Å². The van der Waals surface area contributed by atoms with Gasteiger partial charge in [-0.1, -0.05) is 260 Å². The first kappa shape index (κ1) is 61.7. The Hall–Kier alpha value is -13.4. The first-order valence-electron chi connectivity index (χ1n) is 35.9. The molecule has 0 aliphatic carbocycles. The van der Waals surface area contributed by atoms with Gasteiger partial charge in [-0.05, 0) is 225 Å². The van der Waals surface area contributed by atoms with Crippen LogP contribution in [0.4, 0.5) is 85.3 Å². The molecule has 2 heterocycles. The molecule has 17 aromatic carbocycles. The van der Waals surface area contributed by atoms with Crippen LogP contribution >= 0.6 is 0 Å². The van der Waals surface area contributed by atoms with E-state index < -0.39 is 0 Å². The third-order valence-electron chi connectivity index (χ3n) is 21.1. The molecule has 104 heavy (non-hydrogen) atoms. The zero-order chi connectivity index (χ0) is 69.2. The molecule has 0 aromatic heterocycles. The second-order valence-electron chi connectivity index (χ2n) is 27.4. The summed E-state index contributed by atoms with van der Waals surface area (Å²) in [6, 6.07) is 143. The van der Waals surface area contributed by atoms with Gasteiger partial charge in [0.1, 0.15) is 0 Å². The van der Waals surface area contributed by atoms with E-state index in [-0.39, 0.29) is 6.71 Å². The summed E-state index contributed by atoms with van der Waals surface area (Å²) in [6.07, 6.45) is 0. The average molecular weight is 1330 g/mol. The highest BCUT2D eigenvalue weighted by Crippen LogP contribution is 2.50. The van der Waals surface area contributed by atoms with Crippen molar-refractivity contribution in [2.45, 2.75) is 13.8 Å². The number of rotatable bonds is 14. The predicted octanol–water partition coefficient (Wildman–Crippen LogP) is 25.3. The van der Waals surface area contributed by atoms with E-state index in [9.17, 15) is 0 Å². The van der Waals surface area contributed by atoms with E-state index in [2.05, 4.69) is 427 Å². The number of fused-ring (bicyclic) bond motifs is 9. The Morgan fingerprint density at radius 3 is 1.18 bits per heavy atom. The molecule has 490 valence electrons. The maximum Gasteiger partial charge on any atom is 0.252 e. The Morgan fingerprint density at radius 1 is 0.212 bits per heavy atom. The van der Waals surface area contributed by atoms with Gasteiger partial charge in [0, 0.05) is 84.7 Å². The lowest BCUT2D eigenvalue weighted by Crippen LogP contribution is -2.61. The molecule has 0 N–H and O–H groups in total. The van der Waals surface area contributed by atoms with Crippen molar-refractivity contribution < 1.29 is 0 Å². The summed E-state index contributed by atoms with van der Waals surface area (Å²) in [4.78, 5) is 12.3. The lowest BCUT2D eigenvalue weighted by molar-refractivity contribution is 1.24. The molecule has 0 unspecified atom stereocenters. The molecular formula is C98H70BN5. The summed E-state index contributed by atoms with van der Waals surface area (Å²) in [7, 11) is 0. The molecule has 0 saturated carbocycles. The number of nitrogens with zero attached hydrogens (tertiary/aromatic N) is 5. The molecule has 2 aliphatic rings. The van der Waals surface area contributed by atoms with Crippen molar-refractivity contribution in [3.05, 3.63) is 399 Å². The molecule has 0 spiro atoms. The molecule has 2 aliphatic heterocycles. The van der Waals surface area contributed by atoms with Gasteiger partial charge in [-0.2, -0.15) is 0 Å². The second kappa shape index (κ2) is 26.0. The lowest BCUT2D eigenvalue weighted by atomic mass is 9.33. The molecule has 0 bridgehead atoms. The zero-order valence-electron chi connectivity index (χ0n) is 57.8. The van der Waals surface area contributed by atoms with E-state index in [4.69, 9.17) is 0 Å². The summed E-state index contributed by atoms with van der Waals surface area (Å²) in [5, 5.41) is 7.20. The Kier molecular flexibility index (Phi) is 15.4. The van der Waals surface area contributed by atoms with Crippen LogP contribution in [-0.4, -0.2) is 6.71 Å². The van der Waals surface area contributed by atoms with Gasteiger partial charge < -0.3 is 24.5 Å². The molecule has 17 aromatic rings. The minimum atomic E-state index is -0.0670. The molecule has 0 fully saturated rings. The van der Waals surface area contributed by atoms with E-state index in [0.29, 0.717) is 0 Å². The van der Waals surface area contributed by atoms with Crippen molar-refractivity contribution in [2.75, 3.05) is 24.5 Å². The van der Waals surface area contributed by atoms with Gasteiger partial charge in [0.25, 0.3) is 6.71 Å². The molecule has 6 heteroatoms. The smallest absolute Gasteiger partial charge is 0.252 e. The molecule has 0 radical (unpaired) electrons. The number of hydrogen-bond donors (Lipinski definition) is 0. The van der Waals surface area contributed by atoms with Crippen LogP contribution in [0.1, 0.15) is 11.1 Å². The maximum absolute atomic E-state index is 2.51. The van der Waals surface area contributed by atoms with Gasteiger partial charge >= 0.3 is 0 Å². The van der Waals surface area contributed by atoms with E-state index >= 15 is 0 Å². The van der Waals surface area contributed by atoms with E-state index in [1.165, 1.54) is 93.5 Å².